The molecule has 0 fully saturated rings. The number of nitrogens with zero attached hydrogens (tertiary/aromatic N) is 4. The van der Waals surface area contributed by atoms with E-state index in [4.69, 9.17) is 10.8 Å². The minimum absolute atomic E-state index is 0. The Morgan fingerprint density at radius 2 is 1.18 bits per heavy atom. The monoisotopic (exact) mass is 873 g/mol. The van der Waals surface area contributed by atoms with Gasteiger partial charge in [-0.05, 0) is 78.4 Å². The third-order valence-electron chi connectivity index (χ3n) is 8.78. The van der Waals surface area contributed by atoms with Crippen molar-refractivity contribution in [3.63, 3.8) is 0 Å². The highest BCUT2D eigenvalue weighted by Crippen LogP contribution is 2.37. The number of methoxy groups -OCH3 is 1. The lowest BCUT2D eigenvalue weighted by Crippen LogP contribution is -2.08. The zero-order valence-electron chi connectivity index (χ0n) is 31.6. The summed E-state index contributed by atoms with van der Waals surface area (Å²) in [5.74, 6) is -5.31. The molecule has 0 unspecified atom stereocenters. The zero-order valence-corrected chi connectivity index (χ0v) is 33.2. The fourth-order valence-corrected chi connectivity index (χ4v) is 7.98. The minimum Gasteiger partial charge on any atom is -0.478 e. The van der Waals surface area contributed by atoms with E-state index in [-0.39, 0.29) is 69.2 Å². The number of benzene rings is 2. The molecule has 4 N–H and O–H groups in total. The molecule has 8 rings (SSSR count). The van der Waals surface area contributed by atoms with E-state index in [0.29, 0.717) is 21.7 Å². The summed E-state index contributed by atoms with van der Waals surface area (Å²) in [4.78, 5) is 47.4. The molecule has 0 bridgehead atoms. The van der Waals surface area contributed by atoms with Crippen LogP contribution in [0.3, 0.4) is 0 Å². The number of rotatable bonds is 8. The number of anilines is 1. The smallest absolute Gasteiger partial charge is 0.356 e. The SMILES string of the molecule is C.COC(=O)c1c(N)csc1-c1ccc(C)cc1F.Cc1ccc(-c2scc(CC(=O)c3cc4c(F)cccn4n3)c2C(=O)O)c(F)c1.O=C(O)c1cc2c(F)cccn2n1. The highest BCUT2D eigenvalue weighted by atomic mass is 32.1. The second kappa shape index (κ2) is 18.8. The first-order valence-electron chi connectivity index (χ1n) is 17.4. The number of aryl methyl sites for hydroxylation is 2. The van der Waals surface area contributed by atoms with Crippen LogP contribution in [0.5, 0.6) is 0 Å². The molecule has 61 heavy (non-hydrogen) atoms. The number of ether oxygens (including phenoxy) is 1. The van der Waals surface area contributed by atoms with Crippen LogP contribution in [0.1, 0.15) is 65.8 Å². The molecule has 2 aromatic carbocycles. The number of hydrogen-bond acceptors (Lipinski definition) is 10. The summed E-state index contributed by atoms with van der Waals surface area (Å²) in [6.45, 7) is 3.54. The maximum atomic E-state index is 14.4. The van der Waals surface area contributed by atoms with Crippen molar-refractivity contribution in [1.29, 1.82) is 0 Å². The summed E-state index contributed by atoms with van der Waals surface area (Å²) in [6.07, 6.45) is 2.77. The predicted molar refractivity (Wildman–Crippen MR) is 224 cm³/mol. The second-order valence-corrected chi connectivity index (χ2v) is 14.7. The number of carbonyl (C=O) groups excluding carboxylic acids is 2. The quantitative estimate of drug-likeness (QED) is 0.0756. The molecule has 0 atom stereocenters. The molecule has 6 heterocycles. The molecule has 0 spiro atoms. The van der Waals surface area contributed by atoms with Crippen molar-refractivity contribution in [3.05, 3.63) is 158 Å². The van der Waals surface area contributed by atoms with Gasteiger partial charge in [-0.1, -0.05) is 31.7 Å². The molecule has 8 aromatic rings. The Hall–Kier alpha value is -7.18. The van der Waals surface area contributed by atoms with Gasteiger partial charge in [0, 0.05) is 41.4 Å². The third-order valence-corrected chi connectivity index (χ3v) is 10.9. The molecule has 0 aliphatic carbocycles. The molecule has 0 amide bonds. The van der Waals surface area contributed by atoms with Gasteiger partial charge in [0.15, 0.2) is 11.5 Å². The van der Waals surface area contributed by atoms with Crippen molar-refractivity contribution in [2.75, 3.05) is 12.8 Å². The van der Waals surface area contributed by atoms with E-state index in [1.165, 1.54) is 99.8 Å². The number of Topliss-reactive ketones (excluding diaryl/α,β-unsaturated/α-hetero) is 1. The molecule has 0 saturated heterocycles. The van der Waals surface area contributed by atoms with Crippen molar-refractivity contribution in [2.45, 2.75) is 27.7 Å². The number of carbonyl (C=O) groups is 4. The van der Waals surface area contributed by atoms with E-state index >= 15 is 0 Å². The lowest BCUT2D eigenvalue weighted by molar-refractivity contribution is 0.0601. The number of ketones is 1. The van der Waals surface area contributed by atoms with Crippen LogP contribution in [0.4, 0.5) is 23.2 Å². The van der Waals surface area contributed by atoms with Gasteiger partial charge in [-0.25, -0.2) is 41.0 Å². The summed E-state index contributed by atoms with van der Waals surface area (Å²) in [5.41, 5.74) is 8.67. The number of nitrogen functional groups attached to an aromatic ring is 1. The first-order chi connectivity index (χ1) is 28.6. The summed E-state index contributed by atoms with van der Waals surface area (Å²) < 4.78 is 62.2. The first kappa shape index (κ1) is 44.9. The number of esters is 1. The third kappa shape index (κ3) is 9.66. The number of aromatic carboxylic acids is 2. The number of fused-ring (bicyclic) bond motifs is 2. The average molecular weight is 874 g/mol. The second-order valence-electron chi connectivity index (χ2n) is 13.0. The van der Waals surface area contributed by atoms with Crippen LogP contribution < -0.4 is 5.73 Å². The van der Waals surface area contributed by atoms with Crippen molar-refractivity contribution in [2.24, 2.45) is 0 Å². The Labute approximate surface area is 352 Å². The van der Waals surface area contributed by atoms with E-state index in [0.717, 1.165) is 16.9 Å². The summed E-state index contributed by atoms with van der Waals surface area (Å²) in [5, 5.41) is 29.1. The highest BCUT2D eigenvalue weighted by Gasteiger charge is 2.25. The molecule has 18 heteroatoms. The maximum absolute atomic E-state index is 14.4. The van der Waals surface area contributed by atoms with Crippen molar-refractivity contribution < 1.29 is 51.7 Å². The molecule has 6 aromatic heterocycles. The minimum atomic E-state index is -1.25. The summed E-state index contributed by atoms with van der Waals surface area (Å²) in [6, 6.07) is 17.4. The summed E-state index contributed by atoms with van der Waals surface area (Å²) >= 11 is 2.29. The number of carboxylic acid groups (broad SMARTS) is 2. The number of nitrogens with two attached hydrogens (primary N) is 1. The summed E-state index contributed by atoms with van der Waals surface area (Å²) in [7, 11) is 1.27. The normalized spacial score (nSPS) is 10.6. The Bertz CT molecular complexity index is 2960. The topological polar surface area (TPSA) is 179 Å². The number of aromatic nitrogens is 4. The standard InChI is InChI=1S/C21H14F2N2O3S.C13H12FNO2S.C8H5FN2O2.CH4/c1-11-4-5-13(15(23)7-11)20-19(21(27)28)12(10-29-20)8-18(26)16-9-17-14(22)3-2-6-25(17)24-16;1-7-3-4-8(9(14)5-7)12-11(13(16)17-2)10(15)6-18-12;9-5-2-1-3-11-7(5)4-6(10-11)8(12)13;/h2-7,9-10H,8H2,1H3,(H,27,28);3-6H,15H2,1-2H3;1-4H,(H,12,13);1H4. The molecule has 314 valence electrons. The fraction of sp³-hybridized carbons (Fsp3) is 0.116. The van der Waals surface area contributed by atoms with Gasteiger partial charge >= 0.3 is 17.9 Å². The molecular weight excluding hydrogens is 839 g/mol. The number of halogens is 4. The molecule has 0 radical (unpaired) electrons. The van der Waals surface area contributed by atoms with Gasteiger partial charge in [0.1, 0.15) is 45.6 Å². The zero-order chi connectivity index (χ0) is 43.4. The van der Waals surface area contributed by atoms with E-state index in [2.05, 4.69) is 14.9 Å². The van der Waals surface area contributed by atoms with Crippen LogP contribution >= 0.6 is 22.7 Å². The molecule has 12 nitrogen and oxygen atoms in total. The first-order valence-corrected chi connectivity index (χ1v) is 19.2. The van der Waals surface area contributed by atoms with Crippen LogP contribution in [0.15, 0.2) is 96.0 Å². The maximum Gasteiger partial charge on any atom is 0.356 e. The Balaban J connectivity index is 0.000000188. The van der Waals surface area contributed by atoms with Gasteiger partial charge in [-0.15, -0.1) is 22.7 Å². The van der Waals surface area contributed by atoms with Gasteiger partial charge in [0.2, 0.25) is 0 Å². The van der Waals surface area contributed by atoms with Crippen LogP contribution in [-0.2, 0) is 11.2 Å². The Kier molecular flexibility index (Phi) is 13.9. The van der Waals surface area contributed by atoms with E-state index in [1.54, 1.807) is 37.4 Å². The Morgan fingerprint density at radius 1 is 0.689 bits per heavy atom. The molecule has 0 saturated carbocycles. The fourth-order valence-electron chi connectivity index (χ4n) is 5.91. The number of thiophene rings is 2. The lowest BCUT2D eigenvalue weighted by Gasteiger charge is -2.05. The number of hydrogen-bond donors (Lipinski definition) is 3. The van der Waals surface area contributed by atoms with Crippen LogP contribution in [0, 0.1) is 37.1 Å². The van der Waals surface area contributed by atoms with Crippen molar-refractivity contribution in [1.82, 2.24) is 19.2 Å². The molecule has 0 aliphatic heterocycles. The van der Waals surface area contributed by atoms with Crippen LogP contribution in [0.25, 0.3) is 31.9 Å². The number of pyridine rings is 2. The van der Waals surface area contributed by atoms with E-state index in [9.17, 15) is 41.8 Å². The van der Waals surface area contributed by atoms with E-state index < -0.39 is 41.1 Å². The highest BCUT2D eigenvalue weighted by molar-refractivity contribution is 7.14. The van der Waals surface area contributed by atoms with E-state index in [1.807, 2.05) is 0 Å². The molecular formula is C43H35F4N5O7S2. The van der Waals surface area contributed by atoms with Crippen LogP contribution in [-0.4, -0.2) is 60.2 Å². The largest absolute Gasteiger partial charge is 0.478 e. The van der Waals surface area contributed by atoms with Gasteiger partial charge in [-0.3, -0.25) is 4.79 Å². The van der Waals surface area contributed by atoms with Crippen molar-refractivity contribution >= 4 is 63.1 Å². The van der Waals surface area contributed by atoms with Crippen LogP contribution in [0.2, 0.25) is 0 Å². The number of carboxylic acids is 2. The van der Waals surface area contributed by atoms with Gasteiger partial charge in [-0.2, -0.15) is 10.2 Å². The molecule has 0 aliphatic rings. The van der Waals surface area contributed by atoms with Gasteiger partial charge in [0.05, 0.1) is 28.1 Å². The van der Waals surface area contributed by atoms with Gasteiger partial charge < -0.3 is 20.7 Å². The predicted octanol–water partition coefficient (Wildman–Crippen LogP) is 9.81. The lowest BCUT2D eigenvalue weighted by atomic mass is 10.0. The Morgan fingerprint density at radius 3 is 1.66 bits per heavy atom. The van der Waals surface area contributed by atoms with Gasteiger partial charge in [0.25, 0.3) is 0 Å². The van der Waals surface area contributed by atoms with Crippen molar-refractivity contribution in [3.8, 4) is 20.9 Å². The average Bonchev–Trinajstić information content (AvgIpc) is 4.01.